The van der Waals surface area contributed by atoms with Gasteiger partial charge in [0.1, 0.15) is 17.6 Å². The van der Waals surface area contributed by atoms with Crippen LogP contribution in [0.3, 0.4) is 0 Å². The van der Waals surface area contributed by atoms with Crippen LogP contribution in [0.1, 0.15) is 57.1 Å². The van der Waals surface area contributed by atoms with E-state index in [9.17, 15) is 5.11 Å². The van der Waals surface area contributed by atoms with Crippen molar-refractivity contribution in [2.45, 2.75) is 63.0 Å². The quantitative estimate of drug-likeness (QED) is 0.434. The van der Waals surface area contributed by atoms with Crippen LogP contribution >= 0.6 is 0 Å². The van der Waals surface area contributed by atoms with Gasteiger partial charge in [-0.3, -0.25) is 4.90 Å². The molecule has 186 valence electrons. The van der Waals surface area contributed by atoms with Crippen LogP contribution in [0.25, 0.3) is 0 Å². The summed E-state index contributed by atoms with van der Waals surface area (Å²) in [4.78, 5) is 2.55. The molecule has 3 aromatic carbocycles. The van der Waals surface area contributed by atoms with Crippen LogP contribution in [-0.2, 0) is 5.41 Å². The Hall–Kier alpha value is -2.82. The molecule has 1 aliphatic carbocycles. The van der Waals surface area contributed by atoms with Crippen molar-refractivity contribution in [1.82, 2.24) is 4.90 Å². The lowest BCUT2D eigenvalue weighted by molar-refractivity contribution is -0.0464. The first kappa shape index (κ1) is 25.3. The number of rotatable bonds is 7. The molecular formula is C31H40N2O2. The molecule has 4 nitrogen and oxygen atoms in total. The van der Waals surface area contributed by atoms with Gasteiger partial charge in [0.2, 0.25) is 0 Å². The number of nitrogens with zero attached hydrogens (tertiary/aromatic N) is 1. The van der Waals surface area contributed by atoms with Gasteiger partial charge in [-0.1, -0.05) is 86.5 Å². The summed E-state index contributed by atoms with van der Waals surface area (Å²) in [6, 6.07) is 28.2. The van der Waals surface area contributed by atoms with E-state index in [2.05, 4.69) is 67.3 Å². The van der Waals surface area contributed by atoms with E-state index in [0.29, 0.717) is 12.1 Å². The van der Waals surface area contributed by atoms with Gasteiger partial charge in [0.05, 0.1) is 0 Å². The smallest absolute Gasteiger partial charge is 0.124 e. The molecule has 3 N–H and O–H groups in total. The van der Waals surface area contributed by atoms with Gasteiger partial charge in [-0.2, -0.15) is 0 Å². The zero-order valence-corrected chi connectivity index (χ0v) is 21.2. The molecule has 0 spiro atoms. The monoisotopic (exact) mass is 472 g/mol. The van der Waals surface area contributed by atoms with Gasteiger partial charge in [0.25, 0.3) is 0 Å². The average molecular weight is 473 g/mol. The second kappa shape index (κ2) is 11.3. The van der Waals surface area contributed by atoms with Gasteiger partial charge in [0.15, 0.2) is 0 Å². The molecular weight excluding hydrogens is 432 g/mol. The number of hydrogen-bond acceptors (Lipinski definition) is 4. The molecule has 35 heavy (non-hydrogen) atoms. The summed E-state index contributed by atoms with van der Waals surface area (Å²) in [5.41, 5.74) is 9.05. The standard InChI is InChI=1S/C16H19N.C15H21NO2/c1-2-16(13-17,14-9-5-3-6-10-14)15-11-7-4-8-12-15;1-15(7-2-3-8-15)16-10-14(11-16)18-13-6-4-5-12(17)9-13/h3-12H,2,13,17H2,1H3;4-6,9,14,17H,2-3,7-8,10-11H2,1H3. The Bertz CT molecular complexity index is 996. The maximum Gasteiger partial charge on any atom is 0.124 e. The summed E-state index contributed by atoms with van der Waals surface area (Å²) in [5, 5.41) is 9.39. The van der Waals surface area contributed by atoms with Gasteiger partial charge in [0, 0.05) is 36.7 Å². The molecule has 2 aliphatic rings. The summed E-state index contributed by atoms with van der Waals surface area (Å²) >= 11 is 0. The molecule has 1 saturated heterocycles. The topological polar surface area (TPSA) is 58.7 Å². The highest BCUT2D eigenvalue weighted by atomic mass is 16.5. The van der Waals surface area contributed by atoms with Crippen molar-refractivity contribution in [3.05, 3.63) is 96.1 Å². The van der Waals surface area contributed by atoms with E-state index in [1.807, 2.05) is 24.3 Å². The number of phenolic OH excluding ortho intramolecular Hbond substituents is 1. The van der Waals surface area contributed by atoms with E-state index in [4.69, 9.17) is 10.5 Å². The molecule has 0 bridgehead atoms. The van der Waals surface area contributed by atoms with E-state index in [0.717, 1.165) is 25.3 Å². The third-order valence-corrected chi connectivity index (χ3v) is 8.02. The first-order chi connectivity index (χ1) is 17.0. The summed E-state index contributed by atoms with van der Waals surface area (Å²) in [6.07, 6.45) is 6.68. The maximum absolute atomic E-state index is 9.39. The fourth-order valence-corrected chi connectivity index (χ4v) is 5.62. The van der Waals surface area contributed by atoms with Gasteiger partial charge < -0.3 is 15.6 Å². The molecule has 0 atom stereocenters. The third-order valence-electron chi connectivity index (χ3n) is 8.02. The van der Waals surface area contributed by atoms with E-state index in [1.54, 1.807) is 12.1 Å². The van der Waals surface area contributed by atoms with Crippen LogP contribution < -0.4 is 10.5 Å². The number of phenols is 1. The summed E-state index contributed by atoms with van der Waals surface area (Å²) < 4.78 is 5.86. The predicted octanol–water partition coefficient (Wildman–Crippen LogP) is 6.13. The largest absolute Gasteiger partial charge is 0.508 e. The SMILES string of the molecule is CC1(N2CC(Oc3cccc(O)c3)C2)CCCC1.CCC(CN)(c1ccccc1)c1ccccc1. The van der Waals surface area contributed by atoms with Gasteiger partial charge >= 0.3 is 0 Å². The fourth-order valence-electron chi connectivity index (χ4n) is 5.62. The molecule has 5 rings (SSSR count). The van der Waals surface area contributed by atoms with Gasteiger partial charge in [-0.05, 0) is 49.4 Å². The number of likely N-dealkylation sites (tertiary alicyclic amines) is 1. The van der Waals surface area contributed by atoms with Crippen molar-refractivity contribution in [1.29, 1.82) is 0 Å². The molecule has 1 saturated carbocycles. The minimum Gasteiger partial charge on any atom is -0.508 e. The Morgan fingerprint density at radius 1 is 0.914 bits per heavy atom. The number of nitrogens with two attached hydrogens (primary N) is 1. The second-order valence-corrected chi connectivity index (χ2v) is 10.2. The first-order valence-corrected chi connectivity index (χ1v) is 13.0. The Balaban J connectivity index is 0.000000165. The normalized spacial score (nSPS) is 17.8. The van der Waals surface area contributed by atoms with Crippen LogP contribution in [-0.4, -0.2) is 41.3 Å². The molecule has 1 aliphatic heterocycles. The molecule has 4 heteroatoms. The van der Waals surface area contributed by atoms with Crippen molar-refractivity contribution >= 4 is 0 Å². The zero-order valence-electron chi connectivity index (χ0n) is 21.2. The van der Waals surface area contributed by atoms with Crippen molar-refractivity contribution < 1.29 is 9.84 Å². The fraction of sp³-hybridized carbons (Fsp3) is 0.419. The van der Waals surface area contributed by atoms with Crippen LogP contribution in [0.5, 0.6) is 11.5 Å². The number of aromatic hydroxyl groups is 1. The Kier molecular flexibility index (Phi) is 8.15. The second-order valence-electron chi connectivity index (χ2n) is 10.2. The van der Waals surface area contributed by atoms with Crippen molar-refractivity contribution in [2.24, 2.45) is 5.73 Å². The lowest BCUT2D eigenvalue weighted by Crippen LogP contribution is -2.61. The molecule has 0 unspecified atom stereocenters. The van der Waals surface area contributed by atoms with E-state index < -0.39 is 0 Å². The number of benzene rings is 3. The van der Waals surface area contributed by atoms with Crippen molar-refractivity contribution in [2.75, 3.05) is 19.6 Å². The summed E-state index contributed by atoms with van der Waals surface area (Å²) in [5.74, 6) is 1.04. The third kappa shape index (κ3) is 5.71. The minimum absolute atomic E-state index is 0.0531. The number of ether oxygens (including phenoxy) is 1. The first-order valence-electron chi connectivity index (χ1n) is 13.0. The highest BCUT2D eigenvalue weighted by Gasteiger charge is 2.42. The Morgan fingerprint density at radius 3 is 1.97 bits per heavy atom. The van der Waals surface area contributed by atoms with E-state index in [-0.39, 0.29) is 17.3 Å². The number of hydrogen-bond donors (Lipinski definition) is 2. The molecule has 0 amide bonds. The maximum atomic E-state index is 9.39. The highest BCUT2D eigenvalue weighted by molar-refractivity contribution is 5.39. The van der Waals surface area contributed by atoms with Crippen LogP contribution in [0, 0.1) is 0 Å². The molecule has 0 radical (unpaired) electrons. The zero-order chi connectivity index (χ0) is 24.7. The van der Waals surface area contributed by atoms with Gasteiger partial charge in [-0.15, -0.1) is 0 Å². The predicted molar refractivity (Wildman–Crippen MR) is 144 cm³/mol. The average Bonchev–Trinajstić information content (AvgIpc) is 3.31. The lowest BCUT2D eigenvalue weighted by Gasteiger charge is -2.48. The lowest BCUT2D eigenvalue weighted by atomic mass is 9.72. The minimum atomic E-state index is -0.0531. The Morgan fingerprint density at radius 2 is 1.49 bits per heavy atom. The van der Waals surface area contributed by atoms with Crippen molar-refractivity contribution in [3.63, 3.8) is 0 Å². The molecule has 2 fully saturated rings. The molecule has 0 aromatic heterocycles. The Labute approximate surface area is 210 Å². The van der Waals surface area contributed by atoms with E-state index in [1.165, 1.54) is 36.8 Å². The van der Waals surface area contributed by atoms with Crippen LogP contribution in [0.4, 0.5) is 0 Å². The molecule has 1 heterocycles. The van der Waals surface area contributed by atoms with E-state index >= 15 is 0 Å². The van der Waals surface area contributed by atoms with Crippen LogP contribution in [0.2, 0.25) is 0 Å². The van der Waals surface area contributed by atoms with Crippen LogP contribution in [0.15, 0.2) is 84.9 Å². The summed E-state index contributed by atoms with van der Waals surface area (Å²) in [7, 11) is 0. The van der Waals surface area contributed by atoms with Crippen molar-refractivity contribution in [3.8, 4) is 11.5 Å². The van der Waals surface area contributed by atoms with Gasteiger partial charge in [-0.25, -0.2) is 0 Å². The molecule has 3 aromatic rings. The summed E-state index contributed by atoms with van der Waals surface area (Å²) in [6.45, 7) is 7.26. The highest BCUT2D eigenvalue weighted by Crippen LogP contribution is 2.38.